The van der Waals surface area contributed by atoms with E-state index in [-0.39, 0.29) is 30.2 Å². The Labute approximate surface area is 268 Å². The molecule has 0 aliphatic carbocycles. The number of carbonyl (C=O) groups is 2. The zero-order valence-corrected chi connectivity index (χ0v) is 28.0. The van der Waals surface area contributed by atoms with Crippen molar-refractivity contribution in [3.8, 4) is 0 Å². The first-order chi connectivity index (χ1) is 21.4. The quantitative estimate of drug-likeness (QED) is 0.368. The number of ether oxygens (including phenoxy) is 2. The van der Waals surface area contributed by atoms with Crippen LogP contribution in [0.4, 0.5) is 14.9 Å². The van der Waals surface area contributed by atoms with Crippen LogP contribution in [0.25, 0.3) is 6.08 Å². The Kier molecular flexibility index (Phi) is 12.5. The number of aliphatic hydroxyl groups is 1. The van der Waals surface area contributed by atoms with Gasteiger partial charge < -0.3 is 34.2 Å². The number of halogens is 1. The van der Waals surface area contributed by atoms with Crippen molar-refractivity contribution in [2.45, 2.75) is 77.2 Å². The molecule has 0 unspecified atom stereocenters. The standard InChI is InChI=1S/C35H53FN4O5/c1-24-7-9-31(41)23-33(42)45-34(25(2)8-10-32(24)44-35(43)40-17-15-38(5)16-18-40)26(3)19-27-20-28(36)22-30(21-27)39(6)29-11-13-37(4)14-12-29/h8,10,19-22,24-25,29,31-32,34,41H,7,9,11-18,23H2,1-6H3/b10-8-,26-19+/t24-,25-,31+,32-,34-/m0/s1. The highest BCUT2D eigenvalue weighted by Crippen LogP contribution is 2.28. The van der Waals surface area contributed by atoms with E-state index in [1.807, 2.05) is 59.2 Å². The third-order valence-electron chi connectivity index (χ3n) is 9.65. The molecular weight excluding hydrogens is 575 g/mol. The highest BCUT2D eigenvalue weighted by Gasteiger charge is 2.29. The van der Waals surface area contributed by atoms with Gasteiger partial charge in [0, 0.05) is 50.9 Å². The summed E-state index contributed by atoms with van der Waals surface area (Å²) in [5.74, 6) is -1.13. The van der Waals surface area contributed by atoms with Crippen LogP contribution in [-0.4, -0.2) is 117 Å². The number of anilines is 1. The summed E-state index contributed by atoms with van der Waals surface area (Å²) in [6.45, 7) is 10.7. The Bertz CT molecular complexity index is 1210. The van der Waals surface area contributed by atoms with Gasteiger partial charge in [0.15, 0.2) is 0 Å². The SMILES string of the molecule is C/C(=C\c1cc(F)cc(N(C)C2CCN(C)CC2)c1)[C@H]1OC(=O)C[C@H](O)CC[C@H](C)[C@@H](OC(=O)N2CCN(C)CC2)/C=C\[C@@H]1C. The van der Waals surface area contributed by atoms with Crippen LogP contribution in [0.5, 0.6) is 0 Å². The number of benzene rings is 1. The lowest BCUT2D eigenvalue weighted by atomic mass is 9.91. The molecule has 0 aromatic heterocycles. The molecule has 1 amide bonds. The van der Waals surface area contributed by atoms with E-state index < -0.39 is 24.3 Å². The summed E-state index contributed by atoms with van der Waals surface area (Å²) in [6.07, 6.45) is 6.25. The zero-order valence-electron chi connectivity index (χ0n) is 28.0. The zero-order chi connectivity index (χ0) is 32.7. The van der Waals surface area contributed by atoms with Gasteiger partial charge in [0.2, 0.25) is 0 Å². The third-order valence-corrected chi connectivity index (χ3v) is 9.65. The van der Waals surface area contributed by atoms with Crippen LogP contribution in [-0.2, 0) is 14.3 Å². The molecule has 10 heteroatoms. The molecule has 9 nitrogen and oxygen atoms in total. The number of amides is 1. The summed E-state index contributed by atoms with van der Waals surface area (Å²) in [5, 5.41) is 10.6. The van der Waals surface area contributed by atoms with E-state index in [0.717, 1.165) is 50.3 Å². The Morgan fingerprint density at radius 3 is 2.36 bits per heavy atom. The average Bonchev–Trinajstić information content (AvgIpc) is 3.00. The lowest BCUT2D eigenvalue weighted by Gasteiger charge is -2.36. The van der Waals surface area contributed by atoms with Crippen molar-refractivity contribution in [2.75, 3.05) is 65.3 Å². The largest absolute Gasteiger partial charge is 0.457 e. The van der Waals surface area contributed by atoms with E-state index in [1.54, 1.807) is 11.0 Å². The molecule has 3 heterocycles. The second-order valence-corrected chi connectivity index (χ2v) is 13.5. The highest BCUT2D eigenvalue weighted by atomic mass is 19.1. The molecule has 1 N–H and O–H groups in total. The second-order valence-electron chi connectivity index (χ2n) is 13.5. The van der Waals surface area contributed by atoms with Crippen molar-refractivity contribution >= 4 is 23.8 Å². The minimum Gasteiger partial charge on any atom is -0.457 e. The number of carbonyl (C=O) groups excluding carboxylic acids is 2. The smallest absolute Gasteiger partial charge is 0.410 e. The molecule has 2 fully saturated rings. The summed E-state index contributed by atoms with van der Waals surface area (Å²) in [5.41, 5.74) is 2.26. The molecule has 1 aromatic rings. The lowest BCUT2D eigenvalue weighted by molar-refractivity contribution is -0.151. The number of piperidine rings is 1. The van der Waals surface area contributed by atoms with E-state index in [2.05, 4.69) is 21.7 Å². The van der Waals surface area contributed by atoms with Gasteiger partial charge in [-0.15, -0.1) is 0 Å². The molecular formula is C35H53FN4O5. The highest BCUT2D eigenvalue weighted by molar-refractivity contribution is 5.71. The first kappa shape index (κ1) is 34.9. The minimum atomic E-state index is -0.863. The van der Waals surface area contributed by atoms with Gasteiger partial charge in [0.05, 0.1) is 12.5 Å². The van der Waals surface area contributed by atoms with Gasteiger partial charge in [0.25, 0.3) is 0 Å². The van der Waals surface area contributed by atoms with Crippen molar-refractivity contribution in [3.63, 3.8) is 0 Å². The molecule has 4 rings (SSSR count). The van der Waals surface area contributed by atoms with E-state index in [9.17, 15) is 19.1 Å². The number of piperazine rings is 1. The van der Waals surface area contributed by atoms with Crippen molar-refractivity contribution in [1.29, 1.82) is 0 Å². The first-order valence-corrected chi connectivity index (χ1v) is 16.5. The van der Waals surface area contributed by atoms with Crippen LogP contribution in [0, 0.1) is 17.7 Å². The predicted octanol–water partition coefficient (Wildman–Crippen LogP) is 4.80. The van der Waals surface area contributed by atoms with Gasteiger partial charge in [-0.2, -0.15) is 0 Å². The Morgan fingerprint density at radius 2 is 1.67 bits per heavy atom. The molecule has 0 radical (unpaired) electrons. The second kappa shape index (κ2) is 16.1. The summed E-state index contributed by atoms with van der Waals surface area (Å²) in [7, 11) is 6.18. The number of nitrogens with zero attached hydrogens (tertiary/aromatic N) is 4. The summed E-state index contributed by atoms with van der Waals surface area (Å²) in [6, 6.07) is 5.37. The summed E-state index contributed by atoms with van der Waals surface area (Å²) >= 11 is 0. The summed E-state index contributed by atoms with van der Waals surface area (Å²) < 4.78 is 26.9. The number of aliphatic hydroxyl groups excluding tert-OH is 1. The van der Waals surface area contributed by atoms with Gasteiger partial charge in [-0.25, -0.2) is 9.18 Å². The predicted molar refractivity (Wildman–Crippen MR) is 176 cm³/mol. The lowest BCUT2D eigenvalue weighted by Crippen LogP contribution is -2.48. The van der Waals surface area contributed by atoms with Gasteiger partial charge in [-0.1, -0.05) is 26.0 Å². The molecule has 2 saturated heterocycles. The number of cyclic esters (lactones) is 1. The molecule has 0 spiro atoms. The van der Waals surface area contributed by atoms with E-state index in [1.165, 1.54) is 6.07 Å². The molecule has 3 aliphatic heterocycles. The maximum Gasteiger partial charge on any atom is 0.410 e. The molecule has 250 valence electrons. The molecule has 45 heavy (non-hydrogen) atoms. The fraction of sp³-hybridized carbons (Fsp3) is 0.657. The fourth-order valence-corrected chi connectivity index (χ4v) is 6.45. The maximum atomic E-state index is 14.9. The van der Waals surface area contributed by atoms with E-state index >= 15 is 0 Å². The molecule has 5 atom stereocenters. The van der Waals surface area contributed by atoms with Gasteiger partial charge in [-0.3, -0.25) is 4.79 Å². The molecule has 0 saturated carbocycles. The molecule has 0 bridgehead atoms. The van der Waals surface area contributed by atoms with Crippen molar-refractivity contribution in [1.82, 2.24) is 14.7 Å². The number of hydrogen-bond acceptors (Lipinski definition) is 8. The number of likely N-dealkylation sites (tertiary alicyclic amines) is 1. The van der Waals surface area contributed by atoms with Crippen LogP contribution in [0.2, 0.25) is 0 Å². The van der Waals surface area contributed by atoms with Crippen LogP contribution < -0.4 is 4.90 Å². The normalized spacial score (nSPS) is 29.3. The Balaban J connectivity index is 1.55. The number of rotatable bonds is 5. The summed E-state index contributed by atoms with van der Waals surface area (Å²) in [4.78, 5) is 34.4. The van der Waals surface area contributed by atoms with Crippen molar-refractivity contribution < 1.29 is 28.6 Å². The van der Waals surface area contributed by atoms with Crippen LogP contribution in [0.3, 0.4) is 0 Å². The van der Waals surface area contributed by atoms with Gasteiger partial charge in [-0.05, 0) is 101 Å². The van der Waals surface area contributed by atoms with Crippen LogP contribution >= 0.6 is 0 Å². The topological polar surface area (TPSA) is 85.8 Å². The van der Waals surface area contributed by atoms with Gasteiger partial charge in [0.1, 0.15) is 18.0 Å². The van der Waals surface area contributed by atoms with Crippen LogP contribution in [0.1, 0.15) is 58.4 Å². The van der Waals surface area contributed by atoms with E-state index in [4.69, 9.17) is 9.47 Å². The Hall–Kier alpha value is -2.95. The monoisotopic (exact) mass is 628 g/mol. The maximum absolute atomic E-state index is 14.9. The molecule has 1 aromatic carbocycles. The third kappa shape index (κ3) is 10.0. The van der Waals surface area contributed by atoms with Crippen molar-refractivity contribution in [2.24, 2.45) is 11.8 Å². The number of esters is 1. The fourth-order valence-electron chi connectivity index (χ4n) is 6.45. The first-order valence-electron chi connectivity index (χ1n) is 16.5. The molecule has 3 aliphatic rings. The van der Waals surface area contributed by atoms with E-state index in [0.29, 0.717) is 37.5 Å². The Morgan fingerprint density at radius 1 is 1.00 bits per heavy atom. The van der Waals surface area contributed by atoms with Crippen molar-refractivity contribution in [3.05, 3.63) is 47.3 Å². The van der Waals surface area contributed by atoms with Gasteiger partial charge >= 0.3 is 12.1 Å². The average molecular weight is 629 g/mol. The number of likely N-dealkylation sites (N-methyl/N-ethyl adjacent to an activating group) is 1. The number of hydrogen-bond donors (Lipinski definition) is 1. The van der Waals surface area contributed by atoms with Crippen LogP contribution in [0.15, 0.2) is 35.9 Å². The minimum absolute atomic E-state index is 0.0580.